The minimum atomic E-state index is 0.304. The van der Waals surface area contributed by atoms with Gasteiger partial charge >= 0.3 is 0 Å². The lowest BCUT2D eigenvalue weighted by Crippen LogP contribution is -2.14. The summed E-state index contributed by atoms with van der Waals surface area (Å²) < 4.78 is 1.37. The smallest absolute Gasteiger partial charge is 0.167 e. The normalized spacial score (nSPS) is 9.50. The van der Waals surface area contributed by atoms with Gasteiger partial charge in [0.2, 0.25) is 0 Å². The summed E-state index contributed by atoms with van der Waals surface area (Å²) in [5.41, 5.74) is 1.15. The van der Waals surface area contributed by atoms with Crippen molar-refractivity contribution in [3.05, 3.63) is 34.3 Å². The molecule has 1 aromatic rings. The van der Waals surface area contributed by atoms with Crippen LogP contribution in [0.3, 0.4) is 0 Å². The zero-order valence-electron chi connectivity index (χ0n) is 6.18. The molecule has 0 heterocycles. The van der Waals surface area contributed by atoms with Gasteiger partial charge in [-0.1, -0.05) is 39.7 Å². The van der Waals surface area contributed by atoms with E-state index in [0.717, 1.165) is 10.0 Å². The van der Waals surface area contributed by atoms with Crippen LogP contribution < -0.4 is 5.32 Å². The van der Waals surface area contributed by atoms with Crippen molar-refractivity contribution in [3.63, 3.8) is 0 Å². The highest BCUT2D eigenvalue weighted by molar-refractivity contribution is 9.10. The lowest BCUT2D eigenvalue weighted by molar-refractivity contribution is 0.938. The lowest BCUT2D eigenvalue weighted by atomic mass is 10.2. The minimum absolute atomic E-state index is 0.304. The molecule has 0 atom stereocenters. The van der Waals surface area contributed by atoms with Crippen molar-refractivity contribution in [2.45, 2.75) is 6.54 Å². The zero-order chi connectivity index (χ0) is 8.97. The summed E-state index contributed by atoms with van der Waals surface area (Å²) in [6.45, 7) is 0.676. The van der Waals surface area contributed by atoms with E-state index < -0.39 is 0 Å². The van der Waals surface area contributed by atoms with Crippen LogP contribution in [0.25, 0.3) is 0 Å². The lowest BCUT2D eigenvalue weighted by Gasteiger charge is -2.01. The van der Waals surface area contributed by atoms with Gasteiger partial charge in [0.05, 0.1) is 0 Å². The monoisotopic (exact) mass is 263 g/mol. The Hall–Kier alpha value is -0.120. The van der Waals surface area contributed by atoms with Gasteiger partial charge in [0.25, 0.3) is 0 Å². The van der Waals surface area contributed by atoms with Crippen LogP contribution in [-0.4, -0.2) is 4.45 Å². The van der Waals surface area contributed by atoms with E-state index in [0.29, 0.717) is 11.0 Å². The first-order chi connectivity index (χ1) is 5.68. The van der Waals surface area contributed by atoms with Gasteiger partial charge in [-0.25, -0.2) is 0 Å². The van der Waals surface area contributed by atoms with Gasteiger partial charge in [-0.05, 0) is 29.9 Å². The van der Waals surface area contributed by atoms with E-state index in [9.17, 15) is 0 Å². The fourth-order valence-electron chi connectivity index (χ4n) is 0.774. The van der Waals surface area contributed by atoms with Crippen molar-refractivity contribution in [1.82, 2.24) is 5.32 Å². The van der Waals surface area contributed by atoms with E-state index in [1.165, 1.54) is 0 Å². The van der Waals surface area contributed by atoms with E-state index in [2.05, 4.69) is 33.5 Å². The molecular formula is C8H7BrClNS. The van der Waals surface area contributed by atoms with Crippen LogP contribution in [0.4, 0.5) is 0 Å². The van der Waals surface area contributed by atoms with Gasteiger partial charge < -0.3 is 5.32 Å². The van der Waals surface area contributed by atoms with Crippen molar-refractivity contribution in [2.24, 2.45) is 0 Å². The second-order valence-corrected chi connectivity index (χ2v) is 4.18. The SMILES string of the molecule is S=C(Cl)NCc1ccc(Br)cc1. The number of halogens is 2. The third kappa shape index (κ3) is 3.52. The summed E-state index contributed by atoms with van der Waals surface area (Å²) in [6.07, 6.45) is 0. The highest BCUT2D eigenvalue weighted by Crippen LogP contribution is 2.10. The largest absolute Gasteiger partial charge is 0.363 e. The molecule has 0 saturated heterocycles. The van der Waals surface area contributed by atoms with Gasteiger partial charge in [0, 0.05) is 11.0 Å². The molecule has 64 valence electrons. The van der Waals surface area contributed by atoms with Crippen molar-refractivity contribution < 1.29 is 0 Å². The van der Waals surface area contributed by atoms with Crippen molar-refractivity contribution in [2.75, 3.05) is 0 Å². The second kappa shape index (κ2) is 4.80. The molecule has 0 amide bonds. The molecule has 0 radical (unpaired) electrons. The van der Waals surface area contributed by atoms with Crippen LogP contribution >= 0.6 is 39.7 Å². The van der Waals surface area contributed by atoms with E-state index in [-0.39, 0.29) is 0 Å². The molecule has 0 bridgehead atoms. The predicted octanol–water partition coefficient (Wildman–Crippen LogP) is 3.06. The third-order valence-electron chi connectivity index (χ3n) is 1.34. The molecule has 12 heavy (non-hydrogen) atoms. The summed E-state index contributed by atoms with van der Waals surface area (Å²) in [5, 5.41) is 2.86. The Balaban J connectivity index is 2.53. The van der Waals surface area contributed by atoms with Crippen LogP contribution in [0.15, 0.2) is 28.7 Å². The summed E-state index contributed by atoms with van der Waals surface area (Å²) in [6, 6.07) is 7.97. The molecule has 0 aliphatic rings. The maximum atomic E-state index is 5.47. The molecule has 1 rings (SSSR count). The van der Waals surface area contributed by atoms with Crippen LogP contribution in [0.5, 0.6) is 0 Å². The maximum Gasteiger partial charge on any atom is 0.167 e. The molecule has 0 fully saturated rings. The molecule has 0 aliphatic heterocycles. The van der Waals surface area contributed by atoms with Crippen molar-refractivity contribution in [3.8, 4) is 0 Å². The number of hydrogen-bond donors (Lipinski definition) is 1. The first-order valence-electron chi connectivity index (χ1n) is 3.36. The van der Waals surface area contributed by atoms with Crippen LogP contribution in [0, 0.1) is 0 Å². The van der Waals surface area contributed by atoms with Gasteiger partial charge in [-0.15, -0.1) is 0 Å². The van der Waals surface area contributed by atoms with E-state index in [1.54, 1.807) is 0 Å². The highest BCUT2D eigenvalue weighted by atomic mass is 79.9. The molecule has 0 unspecified atom stereocenters. The quantitative estimate of drug-likeness (QED) is 0.500. The molecule has 1 nitrogen and oxygen atoms in total. The zero-order valence-corrected chi connectivity index (χ0v) is 9.34. The Morgan fingerprint density at radius 2 is 2.00 bits per heavy atom. The van der Waals surface area contributed by atoms with E-state index >= 15 is 0 Å². The molecule has 1 N–H and O–H groups in total. The Labute approximate surface area is 90.2 Å². The molecule has 1 aromatic carbocycles. The standard InChI is InChI=1S/C8H7BrClNS/c9-7-3-1-6(2-4-7)5-11-8(10)12/h1-4H,5H2,(H,11,12). The Kier molecular flexibility index (Phi) is 3.98. The number of nitrogens with one attached hydrogen (secondary N) is 1. The maximum absolute atomic E-state index is 5.47. The second-order valence-electron chi connectivity index (χ2n) is 2.25. The van der Waals surface area contributed by atoms with E-state index in [4.69, 9.17) is 11.6 Å². The van der Waals surface area contributed by atoms with Crippen LogP contribution in [0.2, 0.25) is 0 Å². The summed E-state index contributed by atoms with van der Waals surface area (Å²) >= 11 is 13.5. The first kappa shape index (κ1) is 9.96. The van der Waals surface area contributed by atoms with Crippen molar-refractivity contribution >= 4 is 44.2 Å². The minimum Gasteiger partial charge on any atom is -0.363 e. The third-order valence-corrected chi connectivity index (χ3v) is 2.15. The number of rotatable bonds is 2. The topological polar surface area (TPSA) is 12.0 Å². The molecule has 0 aliphatic carbocycles. The molecule has 0 spiro atoms. The number of benzene rings is 1. The summed E-state index contributed by atoms with van der Waals surface area (Å²) in [5.74, 6) is 0. The van der Waals surface area contributed by atoms with Gasteiger partial charge in [0.1, 0.15) is 0 Å². The Bertz CT molecular complexity index is 273. The molecule has 0 saturated carbocycles. The molecule has 4 heteroatoms. The summed E-state index contributed by atoms with van der Waals surface area (Å²) in [4.78, 5) is 0. The molecule has 0 aromatic heterocycles. The van der Waals surface area contributed by atoms with Crippen LogP contribution in [0.1, 0.15) is 5.56 Å². The average molecular weight is 265 g/mol. The number of hydrogen-bond acceptors (Lipinski definition) is 1. The Morgan fingerprint density at radius 3 is 2.50 bits per heavy atom. The van der Waals surface area contributed by atoms with Gasteiger partial charge in [-0.3, -0.25) is 0 Å². The van der Waals surface area contributed by atoms with Gasteiger partial charge in [-0.2, -0.15) is 0 Å². The number of thiocarbonyl (C=S) groups is 1. The fraction of sp³-hybridized carbons (Fsp3) is 0.125. The average Bonchev–Trinajstić information content (AvgIpc) is 2.03. The van der Waals surface area contributed by atoms with Crippen molar-refractivity contribution in [1.29, 1.82) is 0 Å². The van der Waals surface area contributed by atoms with Crippen LogP contribution in [-0.2, 0) is 6.54 Å². The van der Waals surface area contributed by atoms with Gasteiger partial charge in [0.15, 0.2) is 4.45 Å². The Morgan fingerprint density at radius 1 is 1.42 bits per heavy atom. The predicted molar refractivity (Wildman–Crippen MR) is 59.4 cm³/mol. The molecular weight excluding hydrogens is 258 g/mol. The first-order valence-corrected chi connectivity index (χ1v) is 4.94. The highest BCUT2D eigenvalue weighted by Gasteiger charge is 1.92. The summed E-state index contributed by atoms with van der Waals surface area (Å²) in [7, 11) is 0. The van der Waals surface area contributed by atoms with E-state index in [1.807, 2.05) is 24.3 Å². The fourth-order valence-corrected chi connectivity index (χ4v) is 1.18.